The van der Waals surface area contributed by atoms with Gasteiger partial charge in [-0.25, -0.2) is 0 Å². The minimum absolute atomic E-state index is 0.0115. The van der Waals surface area contributed by atoms with Gasteiger partial charge in [-0.3, -0.25) is 4.79 Å². The lowest BCUT2D eigenvalue weighted by Crippen LogP contribution is -2.47. The number of hydrogen-bond donors (Lipinski definition) is 3. The molecule has 1 aliphatic rings. The Morgan fingerprint density at radius 2 is 1.94 bits per heavy atom. The Morgan fingerprint density at radius 3 is 2.44 bits per heavy atom. The maximum atomic E-state index is 12.1. The number of aliphatic hydroxyl groups excluding tert-OH is 1. The summed E-state index contributed by atoms with van der Waals surface area (Å²) in [4.78, 5) is 12.1. The van der Waals surface area contributed by atoms with E-state index in [1.165, 1.54) is 19.3 Å². The van der Waals surface area contributed by atoms with E-state index in [0.29, 0.717) is 19.4 Å². The van der Waals surface area contributed by atoms with Crippen molar-refractivity contribution in [2.45, 2.75) is 64.3 Å². The molecular formula is C14H28N2O2. The summed E-state index contributed by atoms with van der Waals surface area (Å²) in [6.45, 7) is 4.57. The Labute approximate surface area is 110 Å². The number of carbonyl (C=O) groups excluding carboxylic acids is 1. The zero-order valence-electron chi connectivity index (χ0n) is 11.8. The first kappa shape index (κ1) is 15.4. The molecule has 4 heteroatoms. The molecule has 1 saturated carbocycles. The highest BCUT2D eigenvalue weighted by molar-refractivity contribution is 5.77. The van der Waals surface area contributed by atoms with Crippen molar-refractivity contribution in [1.29, 1.82) is 0 Å². The predicted molar refractivity (Wildman–Crippen MR) is 73.1 cm³/mol. The summed E-state index contributed by atoms with van der Waals surface area (Å²) in [6.07, 6.45) is 6.87. The minimum atomic E-state index is -0.337. The van der Waals surface area contributed by atoms with E-state index < -0.39 is 0 Å². The minimum Gasteiger partial charge on any atom is -0.396 e. The van der Waals surface area contributed by atoms with E-state index in [0.717, 1.165) is 12.8 Å². The van der Waals surface area contributed by atoms with E-state index >= 15 is 0 Å². The van der Waals surface area contributed by atoms with E-state index in [9.17, 15) is 4.79 Å². The first-order valence-corrected chi connectivity index (χ1v) is 7.05. The van der Waals surface area contributed by atoms with Gasteiger partial charge in [-0.2, -0.15) is 0 Å². The molecule has 4 N–H and O–H groups in total. The van der Waals surface area contributed by atoms with Crippen LogP contribution in [0.15, 0.2) is 0 Å². The van der Waals surface area contributed by atoms with Crippen LogP contribution in [0.25, 0.3) is 0 Å². The van der Waals surface area contributed by atoms with Crippen LogP contribution in [0.1, 0.15) is 58.8 Å². The highest BCUT2D eigenvalue weighted by Gasteiger charge is 2.34. The molecule has 0 atom stereocenters. The van der Waals surface area contributed by atoms with Crippen LogP contribution in [0, 0.1) is 5.41 Å². The molecule has 0 spiro atoms. The molecule has 0 unspecified atom stereocenters. The standard InChI is InChI=1S/C14H28N2O2/c1-13(2,8-9-17)16-12(18)10-14(11-15)6-4-3-5-7-14/h17H,3-11,15H2,1-2H3,(H,16,18). The van der Waals surface area contributed by atoms with Crippen molar-refractivity contribution in [3.05, 3.63) is 0 Å². The third-order valence-corrected chi connectivity index (χ3v) is 4.10. The normalized spacial score (nSPS) is 19.6. The number of nitrogens with one attached hydrogen (secondary N) is 1. The van der Waals surface area contributed by atoms with Gasteiger partial charge in [0, 0.05) is 18.6 Å². The van der Waals surface area contributed by atoms with Gasteiger partial charge in [0.05, 0.1) is 0 Å². The molecule has 0 aromatic heterocycles. The SMILES string of the molecule is CC(C)(CCO)NC(=O)CC1(CN)CCCCC1. The van der Waals surface area contributed by atoms with Crippen LogP contribution in [0.3, 0.4) is 0 Å². The van der Waals surface area contributed by atoms with Gasteiger partial charge in [0.15, 0.2) is 0 Å². The van der Waals surface area contributed by atoms with E-state index in [2.05, 4.69) is 5.32 Å². The molecule has 0 radical (unpaired) electrons. The van der Waals surface area contributed by atoms with Gasteiger partial charge in [0.1, 0.15) is 0 Å². The molecule has 0 aliphatic heterocycles. The zero-order chi connectivity index (χ0) is 13.6. The summed E-state index contributed by atoms with van der Waals surface area (Å²) in [6, 6.07) is 0. The highest BCUT2D eigenvalue weighted by atomic mass is 16.3. The molecule has 1 rings (SSSR count). The van der Waals surface area contributed by atoms with Crippen LogP contribution < -0.4 is 11.1 Å². The molecule has 0 bridgehead atoms. The van der Waals surface area contributed by atoms with E-state index in [4.69, 9.17) is 10.8 Å². The van der Waals surface area contributed by atoms with Gasteiger partial charge >= 0.3 is 0 Å². The second-order valence-corrected chi connectivity index (χ2v) is 6.35. The summed E-state index contributed by atoms with van der Waals surface area (Å²) in [5, 5.41) is 12.0. The van der Waals surface area contributed by atoms with Gasteiger partial charge in [-0.05, 0) is 45.1 Å². The molecule has 0 saturated heterocycles. The fourth-order valence-corrected chi connectivity index (χ4v) is 2.86. The van der Waals surface area contributed by atoms with Crippen LogP contribution >= 0.6 is 0 Å². The molecule has 106 valence electrons. The number of amides is 1. The van der Waals surface area contributed by atoms with Gasteiger partial charge in [0.2, 0.25) is 5.91 Å². The summed E-state index contributed by atoms with van der Waals surface area (Å²) in [7, 11) is 0. The second-order valence-electron chi connectivity index (χ2n) is 6.35. The number of nitrogens with two attached hydrogens (primary N) is 1. The first-order chi connectivity index (χ1) is 8.43. The number of hydrogen-bond acceptors (Lipinski definition) is 3. The molecule has 0 heterocycles. The summed E-state index contributed by atoms with van der Waals surface area (Å²) in [5.74, 6) is 0.0702. The van der Waals surface area contributed by atoms with Gasteiger partial charge < -0.3 is 16.2 Å². The maximum Gasteiger partial charge on any atom is 0.221 e. The fraction of sp³-hybridized carbons (Fsp3) is 0.929. The summed E-state index contributed by atoms with van der Waals surface area (Å²) < 4.78 is 0. The number of carbonyl (C=O) groups is 1. The average molecular weight is 256 g/mol. The monoisotopic (exact) mass is 256 g/mol. The predicted octanol–water partition coefficient (Wildman–Crippen LogP) is 1.56. The van der Waals surface area contributed by atoms with Crippen LogP contribution in [-0.4, -0.2) is 29.7 Å². The molecule has 18 heavy (non-hydrogen) atoms. The van der Waals surface area contributed by atoms with Crippen molar-refractivity contribution < 1.29 is 9.90 Å². The lowest BCUT2D eigenvalue weighted by Gasteiger charge is -2.37. The van der Waals surface area contributed by atoms with E-state index in [1.807, 2.05) is 13.8 Å². The largest absolute Gasteiger partial charge is 0.396 e. The van der Waals surface area contributed by atoms with Crippen LogP contribution in [0.5, 0.6) is 0 Å². The van der Waals surface area contributed by atoms with E-state index in [1.54, 1.807) is 0 Å². The Morgan fingerprint density at radius 1 is 1.33 bits per heavy atom. The van der Waals surface area contributed by atoms with Gasteiger partial charge in [-0.1, -0.05) is 19.3 Å². The molecule has 4 nitrogen and oxygen atoms in total. The molecule has 1 fully saturated rings. The molecule has 0 aromatic rings. The molecule has 0 aromatic carbocycles. The smallest absolute Gasteiger partial charge is 0.221 e. The summed E-state index contributed by atoms with van der Waals surface area (Å²) >= 11 is 0. The van der Waals surface area contributed by atoms with Crippen molar-refractivity contribution in [3.8, 4) is 0 Å². The number of aliphatic hydroxyl groups is 1. The highest BCUT2D eigenvalue weighted by Crippen LogP contribution is 2.38. The third-order valence-electron chi connectivity index (χ3n) is 4.10. The maximum absolute atomic E-state index is 12.1. The second kappa shape index (κ2) is 6.53. The zero-order valence-corrected chi connectivity index (χ0v) is 11.8. The van der Waals surface area contributed by atoms with Crippen LogP contribution in [0.4, 0.5) is 0 Å². The summed E-state index contributed by atoms with van der Waals surface area (Å²) in [5.41, 5.74) is 5.56. The Bertz CT molecular complexity index is 271. The topological polar surface area (TPSA) is 75.3 Å². The Hall–Kier alpha value is -0.610. The first-order valence-electron chi connectivity index (χ1n) is 7.05. The fourth-order valence-electron chi connectivity index (χ4n) is 2.86. The van der Waals surface area contributed by atoms with Crippen molar-refractivity contribution in [3.63, 3.8) is 0 Å². The van der Waals surface area contributed by atoms with Crippen molar-refractivity contribution >= 4 is 5.91 Å². The quantitative estimate of drug-likeness (QED) is 0.675. The lowest BCUT2D eigenvalue weighted by atomic mass is 9.71. The molecular weight excluding hydrogens is 228 g/mol. The third kappa shape index (κ3) is 4.58. The van der Waals surface area contributed by atoms with Crippen molar-refractivity contribution in [2.75, 3.05) is 13.2 Å². The van der Waals surface area contributed by atoms with Crippen molar-refractivity contribution in [1.82, 2.24) is 5.32 Å². The lowest BCUT2D eigenvalue weighted by molar-refractivity contribution is -0.125. The van der Waals surface area contributed by atoms with E-state index in [-0.39, 0.29) is 23.5 Å². The number of rotatable bonds is 6. The molecule has 1 aliphatic carbocycles. The average Bonchev–Trinajstić information content (AvgIpc) is 2.29. The van der Waals surface area contributed by atoms with Crippen LogP contribution in [0.2, 0.25) is 0 Å². The Balaban J connectivity index is 2.51. The van der Waals surface area contributed by atoms with Crippen molar-refractivity contribution in [2.24, 2.45) is 11.1 Å². The van der Waals surface area contributed by atoms with Crippen LogP contribution in [-0.2, 0) is 4.79 Å². The Kier molecular flexibility index (Phi) is 5.60. The van der Waals surface area contributed by atoms with Gasteiger partial charge in [-0.15, -0.1) is 0 Å². The van der Waals surface area contributed by atoms with Gasteiger partial charge in [0.25, 0.3) is 0 Å². The molecule has 1 amide bonds.